The Kier molecular flexibility index (Phi) is 6.21. The third kappa shape index (κ3) is 3.46. The van der Waals surface area contributed by atoms with Crippen molar-refractivity contribution >= 4 is 17.6 Å². The second kappa shape index (κ2) is 7.76. The van der Waals surface area contributed by atoms with E-state index in [9.17, 15) is 4.79 Å². The Balaban J connectivity index is 0.00000192. The molecule has 0 bridgehead atoms. The number of benzene rings is 2. The molecular weight excluding hydrogens is 391 g/mol. The number of carbonyl (C=O) groups excluding carboxylic acids is 1. The molecular formula is C17H15ClNO3Y-. The monoisotopic (exact) mass is 405 g/mol. The van der Waals surface area contributed by atoms with Crippen LogP contribution in [0.2, 0.25) is 5.02 Å². The molecule has 2 aromatic rings. The molecule has 0 unspecified atom stereocenters. The number of hydrogen-bond acceptors (Lipinski definition) is 4. The molecule has 0 saturated carbocycles. The standard InChI is InChI=1S/C17H15ClNO3.Y/c1-21-17(20)16-12-8-10(18)6-7-15(12)22-14-5-3-2-4-11(14)13(16)9-19;/h3-8,13,16H,9,19H2,1H3;/q-1;/t13-,16-;/m1./s1. The molecule has 1 radical (unpaired) electrons. The van der Waals surface area contributed by atoms with Crippen LogP contribution >= 0.6 is 11.6 Å². The number of ether oxygens (including phenoxy) is 2. The van der Waals surface area contributed by atoms with E-state index in [1.165, 1.54) is 7.11 Å². The molecule has 0 fully saturated rings. The number of methoxy groups -OCH3 is 1. The minimum atomic E-state index is -0.569. The SMILES string of the molecule is COC(=O)[C@@H]1c2cc(Cl)ccc2Oc2cc[c-]cc2[C@H]1CN.[Y]. The summed E-state index contributed by atoms with van der Waals surface area (Å²) in [6.45, 7) is 0.278. The molecule has 117 valence electrons. The molecule has 4 nitrogen and oxygen atoms in total. The molecule has 0 aliphatic carbocycles. The van der Waals surface area contributed by atoms with Crippen LogP contribution in [-0.4, -0.2) is 19.6 Å². The van der Waals surface area contributed by atoms with Gasteiger partial charge in [-0.2, -0.15) is 18.2 Å². The fourth-order valence-electron chi connectivity index (χ4n) is 2.86. The third-order valence-electron chi connectivity index (χ3n) is 3.89. The van der Waals surface area contributed by atoms with Crippen molar-refractivity contribution in [2.75, 3.05) is 13.7 Å². The van der Waals surface area contributed by atoms with Gasteiger partial charge in [0.15, 0.2) is 0 Å². The van der Waals surface area contributed by atoms with E-state index in [0.717, 1.165) is 5.56 Å². The molecule has 0 aromatic heterocycles. The van der Waals surface area contributed by atoms with Gasteiger partial charge >= 0.3 is 5.97 Å². The van der Waals surface area contributed by atoms with Gasteiger partial charge in [0.1, 0.15) is 5.75 Å². The van der Waals surface area contributed by atoms with Crippen LogP contribution in [0, 0.1) is 6.07 Å². The van der Waals surface area contributed by atoms with Crippen molar-refractivity contribution in [1.29, 1.82) is 0 Å². The van der Waals surface area contributed by atoms with E-state index in [2.05, 4.69) is 6.07 Å². The van der Waals surface area contributed by atoms with E-state index in [-0.39, 0.29) is 51.1 Å². The molecule has 1 aliphatic rings. The van der Waals surface area contributed by atoms with Gasteiger partial charge in [0.25, 0.3) is 0 Å². The molecule has 3 rings (SSSR count). The van der Waals surface area contributed by atoms with Gasteiger partial charge in [-0.1, -0.05) is 11.6 Å². The maximum absolute atomic E-state index is 12.4. The predicted molar refractivity (Wildman–Crippen MR) is 83.4 cm³/mol. The smallest absolute Gasteiger partial charge is 0.312 e. The summed E-state index contributed by atoms with van der Waals surface area (Å²) in [5.74, 6) is 0.0620. The van der Waals surface area contributed by atoms with E-state index in [0.29, 0.717) is 22.1 Å². The Labute approximate surface area is 165 Å². The van der Waals surface area contributed by atoms with Crippen molar-refractivity contribution in [3.05, 3.63) is 58.6 Å². The van der Waals surface area contributed by atoms with Crippen LogP contribution in [0.3, 0.4) is 0 Å². The van der Waals surface area contributed by atoms with Gasteiger partial charge in [-0.15, -0.1) is 11.6 Å². The molecule has 2 aromatic carbocycles. The third-order valence-corrected chi connectivity index (χ3v) is 4.13. The molecule has 23 heavy (non-hydrogen) atoms. The predicted octanol–water partition coefficient (Wildman–Crippen LogP) is 3.24. The number of hydrogen-bond donors (Lipinski definition) is 1. The van der Waals surface area contributed by atoms with Gasteiger partial charge in [-0.3, -0.25) is 4.79 Å². The van der Waals surface area contributed by atoms with Crippen molar-refractivity contribution in [2.45, 2.75) is 11.8 Å². The molecule has 2 atom stereocenters. The van der Waals surface area contributed by atoms with Crippen LogP contribution in [0.4, 0.5) is 0 Å². The summed E-state index contributed by atoms with van der Waals surface area (Å²) in [6, 6.07) is 13.6. The van der Waals surface area contributed by atoms with Crippen LogP contribution in [-0.2, 0) is 42.2 Å². The second-order valence-electron chi connectivity index (χ2n) is 5.09. The van der Waals surface area contributed by atoms with Crippen molar-refractivity contribution in [3.8, 4) is 11.5 Å². The molecule has 1 aliphatic heterocycles. The molecule has 6 heteroatoms. The maximum atomic E-state index is 12.4. The van der Waals surface area contributed by atoms with E-state index in [1.54, 1.807) is 30.3 Å². The Bertz CT molecular complexity index is 723. The second-order valence-corrected chi connectivity index (χ2v) is 5.53. The average Bonchev–Trinajstić information content (AvgIpc) is 2.67. The first-order valence-corrected chi connectivity index (χ1v) is 7.28. The Morgan fingerprint density at radius 2 is 2.09 bits per heavy atom. The van der Waals surface area contributed by atoms with Gasteiger partial charge in [-0.25, -0.2) is 0 Å². The van der Waals surface area contributed by atoms with Gasteiger partial charge in [0, 0.05) is 49.0 Å². The first-order valence-electron chi connectivity index (χ1n) is 6.91. The van der Waals surface area contributed by atoms with Crippen molar-refractivity contribution < 1.29 is 47.0 Å². The van der Waals surface area contributed by atoms with Gasteiger partial charge in [0.2, 0.25) is 0 Å². The van der Waals surface area contributed by atoms with Gasteiger partial charge in [-0.05, 0) is 30.7 Å². The van der Waals surface area contributed by atoms with Crippen LogP contribution in [0.25, 0.3) is 0 Å². The Morgan fingerprint density at radius 1 is 1.35 bits per heavy atom. The molecule has 2 N–H and O–H groups in total. The van der Waals surface area contributed by atoms with Gasteiger partial charge in [0.05, 0.1) is 13.0 Å². The number of carbonyl (C=O) groups is 1. The van der Waals surface area contributed by atoms with E-state index in [1.807, 2.05) is 6.07 Å². The number of rotatable bonds is 2. The van der Waals surface area contributed by atoms with Crippen LogP contribution in [0.15, 0.2) is 36.4 Å². The molecule has 0 saturated heterocycles. The molecule has 1 heterocycles. The van der Waals surface area contributed by atoms with Crippen LogP contribution in [0.1, 0.15) is 23.0 Å². The normalized spacial score (nSPS) is 18.6. The Hall–Kier alpha value is -0.936. The van der Waals surface area contributed by atoms with Crippen molar-refractivity contribution in [3.63, 3.8) is 0 Å². The first-order chi connectivity index (χ1) is 10.7. The minimum Gasteiger partial charge on any atom is -0.482 e. The van der Waals surface area contributed by atoms with Crippen molar-refractivity contribution in [2.24, 2.45) is 5.73 Å². The summed E-state index contributed by atoms with van der Waals surface area (Å²) in [6.07, 6.45) is 0. The zero-order valence-electron chi connectivity index (χ0n) is 12.6. The number of fused-ring (bicyclic) bond motifs is 2. The maximum Gasteiger partial charge on any atom is 0.312 e. The summed E-state index contributed by atoms with van der Waals surface area (Å²) >= 11 is 6.10. The summed E-state index contributed by atoms with van der Waals surface area (Å²) in [4.78, 5) is 12.4. The largest absolute Gasteiger partial charge is 0.482 e. The van der Waals surface area contributed by atoms with E-state index >= 15 is 0 Å². The average molecular weight is 406 g/mol. The Morgan fingerprint density at radius 3 is 2.78 bits per heavy atom. The summed E-state index contributed by atoms with van der Waals surface area (Å²) in [7, 11) is 1.36. The minimum absolute atomic E-state index is 0. The quantitative estimate of drug-likeness (QED) is 0.615. The summed E-state index contributed by atoms with van der Waals surface area (Å²) in [5, 5.41) is 0.532. The van der Waals surface area contributed by atoms with Gasteiger partial charge < -0.3 is 15.2 Å². The topological polar surface area (TPSA) is 61.5 Å². The molecule has 0 amide bonds. The number of nitrogens with two attached hydrogens (primary N) is 1. The number of esters is 1. The summed E-state index contributed by atoms with van der Waals surface area (Å²) < 4.78 is 11.0. The van der Waals surface area contributed by atoms with E-state index in [4.69, 9.17) is 26.8 Å². The fourth-order valence-corrected chi connectivity index (χ4v) is 3.04. The zero-order chi connectivity index (χ0) is 15.7. The van der Waals surface area contributed by atoms with Crippen molar-refractivity contribution in [1.82, 2.24) is 0 Å². The first kappa shape index (κ1) is 18.4. The molecule has 0 spiro atoms. The number of halogens is 1. The zero-order valence-corrected chi connectivity index (χ0v) is 16.2. The van der Waals surface area contributed by atoms with Crippen LogP contribution in [0.5, 0.6) is 11.5 Å². The summed E-state index contributed by atoms with van der Waals surface area (Å²) in [5.41, 5.74) is 7.48. The fraction of sp³-hybridized carbons (Fsp3) is 0.235. The van der Waals surface area contributed by atoms with Crippen LogP contribution < -0.4 is 10.5 Å². The van der Waals surface area contributed by atoms with E-state index < -0.39 is 5.92 Å².